The maximum Gasteiger partial charge on any atom is 0.335 e. The fourth-order valence-electron chi connectivity index (χ4n) is 7.22. The zero-order chi connectivity index (χ0) is 25.2. The molecule has 0 aliphatic heterocycles. The van der Waals surface area contributed by atoms with Gasteiger partial charge in [-0.1, -0.05) is 45.3 Å². The van der Waals surface area contributed by atoms with Crippen molar-refractivity contribution >= 4 is 11.9 Å². The number of hydrogen-bond donors (Lipinski definition) is 1. The zero-order valence-corrected chi connectivity index (χ0v) is 21.9. The van der Waals surface area contributed by atoms with Gasteiger partial charge in [-0.3, -0.25) is 4.79 Å². The Morgan fingerprint density at radius 2 is 1.51 bits per heavy atom. The van der Waals surface area contributed by atoms with Gasteiger partial charge in [-0.15, -0.1) is 6.58 Å². The standard InChI is InChI=1S/C30H48O5/c1-4-6-22-8-10-23(11-9-22)24-12-13-26-17-27(15-14-25(26)16-24)28(19-34-29(32)7-5-2)20-35-30(33)21(3)18-31/h5,22-28,31H,2-4,6-20H2,1H3. The topological polar surface area (TPSA) is 72.8 Å². The molecule has 198 valence electrons. The number of carbonyl (C=O) groups excluding carboxylic acids is 2. The summed E-state index contributed by atoms with van der Waals surface area (Å²) in [5.41, 5.74) is 0.0539. The van der Waals surface area contributed by atoms with E-state index in [2.05, 4.69) is 20.1 Å². The number of aliphatic hydroxyl groups excluding tert-OH is 1. The molecule has 1 N–H and O–H groups in total. The van der Waals surface area contributed by atoms with E-state index in [1.54, 1.807) is 6.08 Å². The molecule has 0 amide bonds. The van der Waals surface area contributed by atoms with Gasteiger partial charge in [-0.2, -0.15) is 0 Å². The van der Waals surface area contributed by atoms with Crippen molar-refractivity contribution in [2.45, 2.75) is 90.4 Å². The van der Waals surface area contributed by atoms with Gasteiger partial charge in [0.05, 0.1) is 31.8 Å². The van der Waals surface area contributed by atoms with Crippen LogP contribution in [0.2, 0.25) is 0 Å². The van der Waals surface area contributed by atoms with E-state index in [-0.39, 0.29) is 37.1 Å². The van der Waals surface area contributed by atoms with Crippen LogP contribution in [0.1, 0.15) is 90.4 Å². The highest BCUT2D eigenvalue weighted by Gasteiger charge is 2.40. The minimum absolute atomic E-state index is 0.0216. The number of fused-ring (bicyclic) bond motifs is 1. The van der Waals surface area contributed by atoms with Crippen LogP contribution in [0, 0.1) is 41.4 Å². The number of aliphatic hydroxyl groups is 1. The van der Waals surface area contributed by atoms with Crippen molar-refractivity contribution in [2.24, 2.45) is 41.4 Å². The van der Waals surface area contributed by atoms with Crippen molar-refractivity contribution in [3.05, 3.63) is 24.8 Å². The van der Waals surface area contributed by atoms with Crippen molar-refractivity contribution in [2.75, 3.05) is 19.8 Å². The lowest BCUT2D eigenvalue weighted by Crippen LogP contribution is -2.38. The van der Waals surface area contributed by atoms with Gasteiger partial charge in [0.2, 0.25) is 0 Å². The highest BCUT2D eigenvalue weighted by atomic mass is 16.5. The first-order valence-electron chi connectivity index (χ1n) is 14.2. The van der Waals surface area contributed by atoms with Gasteiger partial charge < -0.3 is 14.6 Å². The molecule has 0 aromatic rings. The molecule has 3 aliphatic carbocycles. The average molecular weight is 489 g/mol. The Balaban J connectivity index is 1.52. The molecule has 0 radical (unpaired) electrons. The summed E-state index contributed by atoms with van der Waals surface area (Å²) >= 11 is 0. The number of rotatable bonds is 12. The van der Waals surface area contributed by atoms with Gasteiger partial charge in [-0.05, 0) is 86.9 Å². The van der Waals surface area contributed by atoms with Gasteiger partial charge in [0.25, 0.3) is 0 Å². The van der Waals surface area contributed by atoms with Crippen molar-refractivity contribution in [1.82, 2.24) is 0 Å². The SMILES string of the molecule is C=CCC(=O)OCC(COC(=O)C(=C)CO)C1CCC2CC(C3CCC(CCC)CC3)CCC2C1. The quantitative estimate of drug-likeness (QED) is 0.200. The first kappa shape index (κ1) is 28.0. The van der Waals surface area contributed by atoms with Crippen LogP contribution in [0.25, 0.3) is 0 Å². The summed E-state index contributed by atoms with van der Waals surface area (Å²) in [5.74, 6) is 3.88. The Hall–Kier alpha value is -1.62. The summed E-state index contributed by atoms with van der Waals surface area (Å²) in [6.07, 6.45) is 17.8. The fraction of sp³-hybridized carbons (Fsp3) is 0.800. The Bertz CT molecular complexity index is 708. The molecule has 5 atom stereocenters. The number of carbonyl (C=O) groups is 2. The Morgan fingerprint density at radius 3 is 2.17 bits per heavy atom. The maximum absolute atomic E-state index is 12.1. The summed E-state index contributed by atoms with van der Waals surface area (Å²) in [7, 11) is 0. The lowest BCUT2D eigenvalue weighted by molar-refractivity contribution is -0.148. The smallest absolute Gasteiger partial charge is 0.335 e. The Labute approximate surface area is 212 Å². The van der Waals surface area contributed by atoms with Crippen molar-refractivity contribution in [3.8, 4) is 0 Å². The van der Waals surface area contributed by atoms with E-state index in [1.165, 1.54) is 64.2 Å². The van der Waals surface area contributed by atoms with Crippen LogP contribution in [0.5, 0.6) is 0 Å². The van der Waals surface area contributed by atoms with E-state index in [0.29, 0.717) is 5.92 Å². The first-order valence-corrected chi connectivity index (χ1v) is 14.2. The lowest BCUT2D eigenvalue weighted by atomic mass is 9.60. The van der Waals surface area contributed by atoms with Crippen LogP contribution in [0.15, 0.2) is 24.8 Å². The Kier molecular flexibility index (Phi) is 11.3. The van der Waals surface area contributed by atoms with Crippen molar-refractivity contribution in [3.63, 3.8) is 0 Å². The van der Waals surface area contributed by atoms with E-state index in [4.69, 9.17) is 14.6 Å². The molecule has 0 spiro atoms. The van der Waals surface area contributed by atoms with Crippen LogP contribution in [0.3, 0.4) is 0 Å². The molecule has 35 heavy (non-hydrogen) atoms. The average Bonchev–Trinajstić information content (AvgIpc) is 2.88. The second kappa shape index (κ2) is 14.2. The van der Waals surface area contributed by atoms with E-state index >= 15 is 0 Å². The summed E-state index contributed by atoms with van der Waals surface area (Å²) < 4.78 is 11.0. The molecule has 5 heteroatoms. The van der Waals surface area contributed by atoms with Gasteiger partial charge >= 0.3 is 11.9 Å². The normalized spacial score (nSPS) is 31.6. The van der Waals surface area contributed by atoms with Crippen LogP contribution in [0.4, 0.5) is 0 Å². The first-order chi connectivity index (χ1) is 16.9. The van der Waals surface area contributed by atoms with Gasteiger partial charge in [0.15, 0.2) is 0 Å². The third kappa shape index (κ3) is 8.20. The molecule has 3 rings (SSSR count). The molecule has 0 heterocycles. The summed E-state index contributed by atoms with van der Waals surface area (Å²) in [4.78, 5) is 24.0. The second-order valence-corrected chi connectivity index (χ2v) is 11.5. The molecule has 0 saturated heterocycles. The van der Waals surface area contributed by atoms with Crippen LogP contribution in [-0.4, -0.2) is 36.9 Å². The van der Waals surface area contributed by atoms with Crippen LogP contribution < -0.4 is 0 Å². The highest BCUT2D eigenvalue weighted by molar-refractivity contribution is 5.87. The molecule has 3 aliphatic rings. The third-order valence-corrected chi connectivity index (χ3v) is 9.29. The maximum atomic E-state index is 12.1. The third-order valence-electron chi connectivity index (χ3n) is 9.29. The number of ether oxygens (including phenoxy) is 2. The van der Waals surface area contributed by atoms with Gasteiger partial charge in [0.1, 0.15) is 0 Å². The number of hydrogen-bond acceptors (Lipinski definition) is 5. The Morgan fingerprint density at radius 1 is 0.914 bits per heavy atom. The van der Waals surface area contributed by atoms with E-state index < -0.39 is 12.6 Å². The van der Waals surface area contributed by atoms with Crippen molar-refractivity contribution in [1.29, 1.82) is 0 Å². The van der Waals surface area contributed by atoms with Crippen LogP contribution >= 0.6 is 0 Å². The summed E-state index contributed by atoms with van der Waals surface area (Å²) in [6.45, 7) is 9.52. The monoisotopic (exact) mass is 488 g/mol. The van der Waals surface area contributed by atoms with Gasteiger partial charge in [0, 0.05) is 5.92 Å². The predicted molar refractivity (Wildman–Crippen MR) is 138 cm³/mol. The molecular formula is C30H48O5. The predicted octanol–water partition coefficient (Wildman–Crippen LogP) is 6.25. The van der Waals surface area contributed by atoms with E-state index in [1.807, 2.05) is 0 Å². The zero-order valence-electron chi connectivity index (χ0n) is 21.9. The molecule has 5 unspecified atom stereocenters. The number of esters is 2. The minimum atomic E-state index is -0.572. The molecule has 0 aromatic carbocycles. The molecule has 3 saturated carbocycles. The lowest BCUT2D eigenvalue weighted by Gasteiger charge is -2.46. The molecular weight excluding hydrogens is 440 g/mol. The molecule has 3 fully saturated rings. The largest absolute Gasteiger partial charge is 0.465 e. The minimum Gasteiger partial charge on any atom is -0.465 e. The van der Waals surface area contributed by atoms with E-state index in [9.17, 15) is 9.59 Å². The van der Waals surface area contributed by atoms with Crippen molar-refractivity contribution < 1.29 is 24.2 Å². The van der Waals surface area contributed by atoms with Crippen LogP contribution in [-0.2, 0) is 19.1 Å². The summed E-state index contributed by atoms with van der Waals surface area (Å²) in [5, 5.41) is 9.16. The molecule has 0 aromatic heterocycles. The fourth-order valence-corrected chi connectivity index (χ4v) is 7.22. The second-order valence-electron chi connectivity index (χ2n) is 11.5. The molecule has 0 bridgehead atoms. The molecule has 5 nitrogen and oxygen atoms in total. The summed E-state index contributed by atoms with van der Waals surface area (Å²) in [6, 6.07) is 0. The highest BCUT2D eigenvalue weighted by Crippen LogP contribution is 2.50. The van der Waals surface area contributed by atoms with E-state index in [0.717, 1.165) is 42.4 Å². The van der Waals surface area contributed by atoms with Gasteiger partial charge in [-0.25, -0.2) is 4.79 Å².